The van der Waals surface area contributed by atoms with Crippen LogP contribution in [-0.2, 0) is 4.57 Å². The van der Waals surface area contributed by atoms with E-state index in [1.807, 2.05) is 29.6 Å². The minimum atomic E-state index is -4.01. The summed E-state index contributed by atoms with van der Waals surface area (Å²) in [6.45, 7) is 0. The number of hydrogen-bond acceptors (Lipinski definition) is 7. The Labute approximate surface area is 181 Å². The van der Waals surface area contributed by atoms with Gasteiger partial charge < -0.3 is 13.6 Å². The van der Waals surface area contributed by atoms with E-state index in [4.69, 9.17) is 25.8 Å². The topological polar surface area (TPSA) is 44.8 Å². The fraction of sp³-hybridized carbons (Fsp3) is 0. The summed E-state index contributed by atoms with van der Waals surface area (Å²) in [7, 11) is -0.905. The van der Waals surface area contributed by atoms with E-state index in [0.29, 0.717) is 17.2 Å². The maximum absolute atomic E-state index is 13.5. The molecule has 0 radical (unpaired) electrons. The smallest absolute Gasteiger partial charge is 0.386 e. The first kappa shape index (κ1) is 19.9. The maximum atomic E-state index is 13.5. The van der Waals surface area contributed by atoms with Gasteiger partial charge in [-0.3, -0.25) is 0 Å². The number of para-hydroxylation sites is 2. The van der Waals surface area contributed by atoms with Crippen molar-refractivity contribution in [3.63, 3.8) is 0 Å². The van der Waals surface area contributed by atoms with Crippen molar-refractivity contribution in [2.24, 2.45) is 0 Å². The van der Waals surface area contributed by atoms with Gasteiger partial charge in [-0.2, -0.15) is 4.57 Å². The Morgan fingerprint density at radius 2 is 1.28 bits per heavy atom. The van der Waals surface area contributed by atoms with Gasteiger partial charge in [0.2, 0.25) is 0 Å². The number of rotatable bonds is 7. The molecule has 3 aromatic carbocycles. The monoisotopic (exact) mass is 458 g/mol. The Hall–Kier alpha value is -2.44. The van der Waals surface area contributed by atoms with Crippen molar-refractivity contribution in [2.45, 2.75) is 0 Å². The molecule has 0 spiro atoms. The van der Waals surface area contributed by atoms with E-state index in [0.717, 1.165) is 15.0 Å². The second-order valence-corrected chi connectivity index (χ2v) is 10.1. The van der Waals surface area contributed by atoms with Crippen molar-refractivity contribution in [3.05, 3.63) is 94.1 Å². The molecule has 1 heterocycles. The summed E-state index contributed by atoms with van der Waals surface area (Å²) >= 11 is 5.38. The Bertz CT molecular complexity index is 1140. The van der Waals surface area contributed by atoms with E-state index in [1.165, 1.54) is 10.3 Å². The lowest BCUT2D eigenvalue weighted by molar-refractivity contribution is 0.298. The lowest BCUT2D eigenvalue weighted by Crippen LogP contribution is -2.07. The average molecular weight is 459 g/mol. The molecule has 0 fully saturated rings. The van der Waals surface area contributed by atoms with Crippen LogP contribution < -0.4 is 13.6 Å². The molecule has 0 amide bonds. The van der Waals surface area contributed by atoms with Gasteiger partial charge in [0.15, 0.2) is 0 Å². The first-order chi connectivity index (χ1) is 14.1. The van der Waals surface area contributed by atoms with Gasteiger partial charge in [0.25, 0.3) is 0 Å². The third-order valence-corrected chi connectivity index (χ3v) is 7.76. The van der Waals surface area contributed by atoms with Crippen LogP contribution in [0.15, 0.2) is 90.3 Å². The summed E-state index contributed by atoms with van der Waals surface area (Å²) in [6.07, 6.45) is 0. The summed E-state index contributed by atoms with van der Waals surface area (Å²) < 4.78 is 31.4. The Balaban J connectivity index is 1.66. The van der Waals surface area contributed by atoms with E-state index in [-0.39, 0.29) is 0 Å². The van der Waals surface area contributed by atoms with Crippen LogP contribution in [0.1, 0.15) is 0 Å². The van der Waals surface area contributed by atoms with Crippen LogP contribution in [0.4, 0.5) is 0 Å². The zero-order valence-electron chi connectivity index (χ0n) is 15.0. The summed E-state index contributed by atoms with van der Waals surface area (Å²) in [4.78, 5) is 0. The molecule has 0 aliphatic heterocycles. The highest BCUT2D eigenvalue weighted by Gasteiger charge is 2.33. The maximum Gasteiger partial charge on any atom is 0.647 e. The van der Waals surface area contributed by atoms with Gasteiger partial charge in [-0.05, 0) is 42.0 Å². The third kappa shape index (κ3) is 5.14. The molecular weight excluding hydrogens is 443 g/mol. The summed E-state index contributed by atoms with van der Waals surface area (Å²) in [5.41, 5.74) is 1.83. The van der Waals surface area contributed by atoms with Gasteiger partial charge in [-0.25, -0.2) is 0 Å². The molecule has 146 valence electrons. The zero-order chi connectivity index (χ0) is 20.1. The second-order valence-electron chi connectivity index (χ2n) is 5.87. The van der Waals surface area contributed by atoms with Crippen LogP contribution in [0.3, 0.4) is 0 Å². The van der Waals surface area contributed by atoms with Gasteiger partial charge in [-0.15, -0.1) is 0 Å². The Morgan fingerprint density at radius 1 is 0.724 bits per heavy atom. The molecule has 0 unspecified atom stereocenters. The highest BCUT2D eigenvalue weighted by atomic mass is 32.9. The molecule has 4 nitrogen and oxygen atoms in total. The molecule has 8 heteroatoms. The van der Waals surface area contributed by atoms with Crippen LogP contribution in [0.5, 0.6) is 17.2 Å². The van der Waals surface area contributed by atoms with Gasteiger partial charge in [0.1, 0.15) is 21.1 Å². The van der Waals surface area contributed by atoms with Gasteiger partial charge >= 0.3 is 7.82 Å². The van der Waals surface area contributed by atoms with Crippen LogP contribution in [0, 0.1) is 3.82 Å². The van der Waals surface area contributed by atoms with Gasteiger partial charge in [-0.1, -0.05) is 81.4 Å². The SMILES string of the molecule is O=P(Oc1ccccc1)(Oc1ccccc1)Oc1cccc(-c2cssc2=S)c1. The van der Waals surface area contributed by atoms with E-state index in [2.05, 4.69) is 0 Å². The molecule has 0 atom stereocenters. The standard InChI is InChI=1S/C21H15O4PS3/c22-26(23-17-9-3-1-4-10-17,24-18-11-5-2-6-12-18)25-19-13-7-8-16(14-19)20-15-28-29-21(20)27/h1-15H. The third-order valence-electron chi connectivity index (χ3n) is 3.79. The number of phosphoric acid groups is 1. The first-order valence-electron chi connectivity index (χ1n) is 8.58. The molecule has 0 N–H and O–H groups in total. The van der Waals surface area contributed by atoms with Crippen LogP contribution in [0.2, 0.25) is 0 Å². The average Bonchev–Trinajstić information content (AvgIpc) is 3.15. The molecule has 0 aliphatic carbocycles. The Kier molecular flexibility index (Phi) is 6.11. The van der Waals surface area contributed by atoms with Crippen LogP contribution in [0.25, 0.3) is 11.1 Å². The van der Waals surface area contributed by atoms with E-state index >= 15 is 0 Å². The Morgan fingerprint density at radius 3 is 1.83 bits per heavy atom. The predicted octanol–water partition coefficient (Wildman–Crippen LogP) is 7.85. The van der Waals surface area contributed by atoms with Crippen molar-refractivity contribution in [3.8, 4) is 28.4 Å². The van der Waals surface area contributed by atoms with Crippen molar-refractivity contribution < 1.29 is 18.1 Å². The summed E-state index contributed by atoms with van der Waals surface area (Å²) in [5.74, 6) is 1.13. The highest BCUT2D eigenvalue weighted by molar-refractivity contribution is 7.79. The normalized spacial score (nSPS) is 11.0. The summed E-state index contributed by atoms with van der Waals surface area (Å²) in [5, 5.41) is 1.99. The fourth-order valence-corrected chi connectivity index (χ4v) is 6.16. The lowest BCUT2D eigenvalue weighted by Gasteiger charge is -2.19. The molecule has 4 rings (SSSR count). The largest absolute Gasteiger partial charge is 0.647 e. The molecule has 29 heavy (non-hydrogen) atoms. The van der Waals surface area contributed by atoms with Crippen molar-refractivity contribution in [2.75, 3.05) is 0 Å². The first-order valence-corrected chi connectivity index (χ1v) is 12.7. The van der Waals surface area contributed by atoms with E-state index in [1.54, 1.807) is 71.0 Å². The van der Waals surface area contributed by atoms with Crippen molar-refractivity contribution in [1.29, 1.82) is 0 Å². The predicted molar refractivity (Wildman–Crippen MR) is 121 cm³/mol. The molecule has 0 bridgehead atoms. The fourth-order valence-electron chi connectivity index (χ4n) is 2.52. The minimum Gasteiger partial charge on any atom is -0.386 e. The lowest BCUT2D eigenvalue weighted by atomic mass is 10.1. The quantitative estimate of drug-likeness (QED) is 0.160. The zero-order valence-corrected chi connectivity index (χ0v) is 18.3. The van der Waals surface area contributed by atoms with Crippen LogP contribution >= 0.6 is 40.7 Å². The van der Waals surface area contributed by atoms with Crippen LogP contribution in [-0.4, -0.2) is 0 Å². The van der Waals surface area contributed by atoms with Gasteiger partial charge in [0, 0.05) is 10.9 Å². The molecule has 0 aliphatic rings. The van der Waals surface area contributed by atoms with Crippen molar-refractivity contribution in [1.82, 2.24) is 0 Å². The molecular formula is C21H15O4PS3. The summed E-state index contributed by atoms with van der Waals surface area (Å²) in [6, 6.07) is 24.8. The number of hydrogen-bond donors (Lipinski definition) is 0. The number of phosphoric ester groups is 1. The molecule has 0 saturated heterocycles. The molecule has 4 aromatic rings. The molecule has 0 saturated carbocycles. The van der Waals surface area contributed by atoms with Gasteiger partial charge in [0.05, 0.1) is 0 Å². The molecule has 1 aromatic heterocycles. The van der Waals surface area contributed by atoms with Crippen molar-refractivity contribution >= 4 is 40.7 Å². The number of benzene rings is 3. The van der Waals surface area contributed by atoms with E-state index in [9.17, 15) is 4.57 Å². The van der Waals surface area contributed by atoms with E-state index < -0.39 is 7.82 Å². The highest BCUT2D eigenvalue weighted by Crippen LogP contribution is 2.50. The second kappa shape index (κ2) is 8.93. The minimum absolute atomic E-state index is 0.364.